The second-order valence-corrected chi connectivity index (χ2v) is 5.86. The fraction of sp³-hybridized carbons (Fsp3) is 0.438. The van der Waals surface area contributed by atoms with Crippen molar-refractivity contribution in [1.82, 2.24) is 25.6 Å². The maximum Gasteiger partial charge on any atom is 0.273 e. The smallest absolute Gasteiger partial charge is 0.273 e. The number of benzene rings is 1. The van der Waals surface area contributed by atoms with Crippen molar-refractivity contribution in [2.24, 2.45) is 0 Å². The lowest BCUT2D eigenvalue weighted by molar-refractivity contribution is 0.0944. The van der Waals surface area contributed by atoms with Crippen LogP contribution >= 0.6 is 24.0 Å². The number of carbonyl (C=O) groups is 1. The van der Waals surface area contributed by atoms with Crippen LogP contribution < -0.4 is 10.6 Å². The van der Waals surface area contributed by atoms with Crippen LogP contribution in [0.4, 0.5) is 0 Å². The van der Waals surface area contributed by atoms with Crippen LogP contribution in [0.3, 0.4) is 0 Å². The average Bonchev–Trinajstić information content (AvgIpc) is 2.96. The Morgan fingerprint density at radius 1 is 1.42 bits per heavy atom. The molecule has 1 atom stereocenters. The zero-order chi connectivity index (χ0) is 16.8. The fourth-order valence-corrected chi connectivity index (χ4v) is 2.37. The second kappa shape index (κ2) is 9.61. The minimum Gasteiger partial charge on any atom is -0.349 e. The molecule has 2 rings (SSSR count). The second-order valence-electron chi connectivity index (χ2n) is 5.43. The molecule has 0 radical (unpaired) electrons. The van der Waals surface area contributed by atoms with E-state index in [4.69, 9.17) is 11.6 Å². The summed E-state index contributed by atoms with van der Waals surface area (Å²) in [6.45, 7) is 4.58. The Balaban J connectivity index is 0.00000288. The first-order valence-electron chi connectivity index (χ1n) is 7.72. The van der Waals surface area contributed by atoms with Gasteiger partial charge in [-0.3, -0.25) is 4.79 Å². The van der Waals surface area contributed by atoms with Gasteiger partial charge in [-0.2, -0.15) is 0 Å². The SMILES string of the molecule is CCCc1c(C(=O)NCC(C)NC)nnn1-c1cccc(Cl)c1.Cl. The molecule has 2 aromatic rings. The third kappa shape index (κ3) is 4.93. The van der Waals surface area contributed by atoms with Crippen molar-refractivity contribution >= 4 is 29.9 Å². The number of rotatable bonds is 7. The Hall–Kier alpha value is -1.63. The van der Waals surface area contributed by atoms with E-state index in [9.17, 15) is 4.79 Å². The monoisotopic (exact) mass is 371 g/mol. The highest BCUT2D eigenvalue weighted by molar-refractivity contribution is 6.30. The molecule has 0 saturated carbocycles. The molecule has 0 aliphatic rings. The third-order valence-electron chi connectivity index (χ3n) is 3.58. The molecule has 8 heteroatoms. The fourth-order valence-electron chi connectivity index (χ4n) is 2.19. The summed E-state index contributed by atoms with van der Waals surface area (Å²) in [6.07, 6.45) is 1.60. The Bertz CT molecular complexity index is 674. The van der Waals surface area contributed by atoms with Gasteiger partial charge in [-0.05, 0) is 38.6 Å². The molecular weight excluding hydrogens is 349 g/mol. The zero-order valence-corrected chi connectivity index (χ0v) is 15.6. The molecule has 0 saturated heterocycles. The molecule has 0 aliphatic carbocycles. The molecule has 0 spiro atoms. The Morgan fingerprint density at radius 2 is 2.17 bits per heavy atom. The van der Waals surface area contributed by atoms with E-state index in [0.717, 1.165) is 17.8 Å². The Labute approximate surface area is 153 Å². The molecular formula is C16H23Cl2N5O. The summed E-state index contributed by atoms with van der Waals surface area (Å²) in [7, 11) is 1.86. The van der Waals surface area contributed by atoms with Gasteiger partial charge < -0.3 is 10.6 Å². The van der Waals surface area contributed by atoms with Crippen molar-refractivity contribution < 1.29 is 4.79 Å². The molecule has 0 aliphatic heterocycles. The Morgan fingerprint density at radius 3 is 2.79 bits per heavy atom. The highest BCUT2D eigenvalue weighted by Gasteiger charge is 2.20. The minimum absolute atomic E-state index is 0. The van der Waals surface area contributed by atoms with Crippen LogP contribution in [-0.2, 0) is 6.42 Å². The summed E-state index contributed by atoms with van der Waals surface area (Å²) >= 11 is 6.05. The van der Waals surface area contributed by atoms with Gasteiger partial charge in [-0.1, -0.05) is 36.2 Å². The van der Waals surface area contributed by atoms with Gasteiger partial charge in [0.1, 0.15) is 0 Å². The van der Waals surface area contributed by atoms with Crippen LogP contribution in [0.5, 0.6) is 0 Å². The van der Waals surface area contributed by atoms with E-state index in [1.165, 1.54) is 0 Å². The highest BCUT2D eigenvalue weighted by atomic mass is 35.5. The number of carbonyl (C=O) groups excluding carboxylic acids is 1. The molecule has 0 fully saturated rings. The lowest BCUT2D eigenvalue weighted by Crippen LogP contribution is -2.37. The quantitative estimate of drug-likeness (QED) is 0.784. The number of halogens is 2. The topological polar surface area (TPSA) is 71.8 Å². The van der Waals surface area contributed by atoms with Crippen LogP contribution in [-0.4, -0.2) is 40.5 Å². The van der Waals surface area contributed by atoms with E-state index in [-0.39, 0.29) is 24.4 Å². The summed E-state index contributed by atoms with van der Waals surface area (Å²) in [5.74, 6) is -0.205. The van der Waals surface area contributed by atoms with Crippen molar-refractivity contribution in [3.63, 3.8) is 0 Å². The summed E-state index contributed by atoms with van der Waals surface area (Å²) in [4.78, 5) is 12.4. The van der Waals surface area contributed by atoms with Crippen molar-refractivity contribution in [2.45, 2.75) is 32.7 Å². The molecule has 1 unspecified atom stereocenters. The van der Waals surface area contributed by atoms with Crippen LogP contribution in [0.15, 0.2) is 24.3 Å². The van der Waals surface area contributed by atoms with E-state index < -0.39 is 0 Å². The minimum atomic E-state index is -0.205. The molecule has 6 nitrogen and oxygen atoms in total. The van der Waals surface area contributed by atoms with E-state index in [1.54, 1.807) is 16.8 Å². The van der Waals surface area contributed by atoms with Gasteiger partial charge in [-0.15, -0.1) is 17.5 Å². The van der Waals surface area contributed by atoms with E-state index in [2.05, 4.69) is 27.9 Å². The van der Waals surface area contributed by atoms with Gasteiger partial charge in [0.15, 0.2) is 5.69 Å². The molecule has 1 amide bonds. The average molecular weight is 372 g/mol. The molecule has 24 heavy (non-hydrogen) atoms. The number of amides is 1. The third-order valence-corrected chi connectivity index (χ3v) is 3.81. The van der Waals surface area contributed by atoms with Crippen LogP contribution in [0, 0.1) is 0 Å². The summed E-state index contributed by atoms with van der Waals surface area (Å²) in [5, 5.41) is 14.8. The predicted molar refractivity (Wildman–Crippen MR) is 98.5 cm³/mol. The standard InChI is InChI=1S/C16H22ClN5O.ClH/c1-4-6-14-15(16(23)19-10-11(2)18-3)20-21-22(14)13-8-5-7-12(17)9-13;/h5,7-9,11,18H,4,6,10H2,1-3H3,(H,19,23);1H. The number of nitrogens with one attached hydrogen (secondary N) is 2. The molecule has 1 heterocycles. The number of hydrogen-bond acceptors (Lipinski definition) is 4. The predicted octanol–water partition coefficient (Wildman–Crippen LogP) is 2.63. The number of likely N-dealkylation sites (N-methyl/N-ethyl adjacent to an activating group) is 1. The van der Waals surface area contributed by atoms with Gasteiger partial charge in [0.05, 0.1) is 11.4 Å². The van der Waals surface area contributed by atoms with Crippen molar-refractivity contribution in [1.29, 1.82) is 0 Å². The number of hydrogen-bond donors (Lipinski definition) is 2. The van der Waals surface area contributed by atoms with E-state index in [1.807, 2.05) is 26.1 Å². The number of aromatic nitrogens is 3. The van der Waals surface area contributed by atoms with Gasteiger partial charge in [-0.25, -0.2) is 4.68 Å². The van der Waals surface area contributed by atoms with E-state index >= 15 is 0 Å². The first-order chi connectivity index (χ1) is 11.1. The lowest BCUT2D eigenvalue weighted by atomic mass is 10.2. The first kappa shape index (κ1) is 20.4. The van der Waals surface area contributed by atoms with Gasteiger partial charge >= 0.3 is 0 Å². The van der Waals surface area contributed by atoms with Crippen LogP contribution in [0.1, 0.15) is 36.5 Å². The lowest BCUT2D eigenvalue weighted by Gasteiger charge is -2.11. The van der Waals surface area contributed by atoms with Crippen molar-refractivity contribution in [3.8, 4) is 5.69 Å². The first-order valence-corrected chi connectivity index (χ1v) is 8.10. The van der Waals surface area contributed by atoms with Gasteiger partial charge in [0, 0.05) is 17.6 Å². The molecule has 0 bridgehead atoms. The molecule has 132 valence electrons. The summed E-state index contributed by atoms with van der Waals surface area (Å²) in [6, 6.07) is 7.54. The number of nitrogens with zero attached hydrogens (tertiary/aromatic N) is 3. The van der Waals surface area contributed by atoms with Crippen molar-refractivity contribution in [2.75, 3.05) is 13.6 Å². The van der Waals surface area contributed by atoms with Gasteiger partial charge in [0.25, 0.3) is 5.91 Å². The summed E-state index contributed by atoms with van der Waals surface area (Å²) < 4.78 is 1.69. The normalized spacial score (nSPS) is 11.7. The van der Waals surface area contributed by atoms with Crippen LogP contribution in [0.25, 0.3) is 5.69 Å². The van der Waals surface area contributed by atoms with Gasteiger partial charge in [0.2, 0.25) is 0 Å². The maximum atomic E-state index is 12.4. The highest BCUT2D eigenvalue weighted by Crippen LogP contribution is 2.18. The molecule has 1 aromatic carbocycles. The summed E-state index contributed by atoms with van der Waals surface area (Å²) in [5.41, 5.74) is 1.97. The van der Waals surface area contributed by atoms with E-state index in [0.29, 0.717) is 23.7 Å². The molecule has 2 N–H and O–H groups in total. The molecule has 1 aromatic heterocycles. The zero-order valence-electron chi connectivity index (χ0n) is 14.0. The van der Waals surface area contributed by atoms with Crippen LogP contribution in [0.2, 0.25) is 5.02 Å². The largest absolute Gasteiger partial charge is 0.349 e. The Kier molecular flexibility index (Phi) is 8.18. The van der Waals surface area contributed by atoms with Crippen molar-refractivity contribution in [3.05, 3.63) is 40.7 Å². The maximum absolute atomic E-state index is 12.4.